The molecule has 1 atom stereocenters. The van der Waals surface area contributed by atoms with Gasteiger partial charge in [0.15, 0.2) is 5.96 Å². The first kappa shape index (κ1) is 13.2. The van der Waals surface area contributed by atoms with Gasteiger partial charge in [0, 0.05) is 13.1 Å². The Kier molecular flexibility index (Phi) is 5.49. The van der Waals surface area contributed by atoms with Crippen LogP contribution in [0.3, 0.4) is 0 Å². The summed E-state index contributed by atoms with van der Waals surface area (Å²) in [6.07, 6.45) is 0. The Morgan fingerprint density at radius 3 is 2.57 bits per heavy atom. The SMILES string of the molecule is CCNC(N)=NCC(C)(O)CN(C)C. The van der Waals surface area contributed by atoms with Crippen molar-refractivity contribution in [3.63, 3.8) is 0 Å². The topological polar surface area (TPSA) is 73.9 Å². The zero-order valence-corrected chi connectivity index (χ0v) is 9.54. The molecule has 0 spiro atoms. The predicted molar refractivity (Wildman–Crippen MR) is 59.3 cm³/mol. The highest BCUT2D eigenvalue weighted by molar-refractivity contribution is 5.77. The van der Waals surface area contributed by atoms with Crippen molar-refractivity contribution < 1.29 is 5.11 Å². The van der Waals surface area contributed by atoms with Crippen molar-refractivity contribution >= 4 is 5.96 Å². The van der Waals surface area contributed by atoms with Crippen LogP contribution in [-0.2, 0) is 0 Å². The van der Waals surface area contributed by atoms with Gasteiger partial charge in [-0.3, -0.25) is 4.99 Å². The van der Waals surface area contributed by atoms with Gasteiger partial charge in [0.25, 0.3) is 0 Å². The van der Waals surface area contributed by atoms with Crippen molar-refractivity contribution in [2.45, 2.75) is 19.4 Å². The number of nitrogens with zero attached hydrogens (tertiary/aromatic N) is 2. The second kappa shape index (κ2) is 5.82. The van der Waals surface area contributed by atoms with E-state index >= 15 is 0 Å². The van der Waals surface area contributed by atoms with Crippen molar-refractivity contribution in [1.82, 2.24) is 10.2 Å². The van der Waals surface area contributed by atoms with Crippen LogP contribution < -0.4 is 11.1 Å². The van der Waals surface area contributed by atoms with Crippen LogP contribution in [0, 0.1) is 0 Å². The first-order chi connectivity index (χ1) is 6.37. The van der Waals surface area contributed by atoms with Crippen molar-refractivity contribution in [3.8, 4) is 0 Å². The molecule has 0 aliphatic heterocycles. The molecule has 0 saturated heterocycles. The van der Waals surface area contributed by atoms with Crippen LogP contribution in [0.15, 0.2) is 4.99 Å². The standard InChI is InChI=1S/C9H22N4O/c1-5-11-8(10)12-6-9(2,14)7-13(3)4/h14H,5-7H2,1-4H3,(H3,10,11,12). The van der Waals surface area contributed by atoms with Crippen LogP contribution in [0.2, 0.25) is 0 Å². The second-order valence-electron chi connectivity index (χ2n) is 3.97. The van der Waals surface area contributed by atoms with E-state index in [9.17, 15) is 5.11 Å². The Bertz CT molecular complexity index is 189. The number of rotatable bonds is 5. The van der Waals surface area contributed by atoms with E-state index in [4.69, 9.17) is 5.73 Å². The van der Waals surface area contributed by atoms with Gasteiger partial charge in [-0.05, 0) is 27.9 Å². The summed E-state index contributed by atoms with van der Waals surface area (Å²) in [5.74, 6) is 0.381. The molecular weight excluding hydrogens is 180 g/mol. The smallest absolute Gasteiger partial charge is 0.188 e. The normalized spacial score (nSPS) is 16.9. The van der Waals surface area contributed by atoms with Crippen molar-refractivity contribution in [1.29, 1.82) is 0 Å². The summed E-state index contributed by atoms with van der Waals surface area (Å²) >= 11 is 0. The molecule has 0 amide bonds. The van der Waals surface area contributed by atoms with E-state index in [2.05, 4.69) is 10.3 Å². The van der Waals surface area contributed by atoms with Crippen LogP contribution >= 0.6 is 0 Å². The zero-order chi connectivity index (χ0) is 11.2. The van der Waals surface area contributed by atoms with Crippen molar-refractivity contribution in [2.24, 2.45) is 10.7 Å². The van der Waals surface area contributed by atoms with Gasteiger partial charge < -0.3 is 21.1 Å². The second-order valence-corrected chi connectivity index (χ2v) is 3.97. The third kappa shape index (κ3) is 6.68. The number of nitrogens with two attached hydrogens (primary N) is 1. The summed E-state index contributed by atoms with van der Waals surface area (Å²) in [6.45, 7) is 5.31. The molecule has 0 aromatic carbocycles. The summed E-state index contributed by atoms with van der Waals surface area (Å²) in [7, 11) is 3.82. The van der Waals surface area contributed by atoms with Crippen LogP contribution in [0.4, 0.5) is 0 Å². The fraction of sp³-hybridized carbons (Fsp3) is 0.889. The third-order valence-electron chi connectivity index (χ3n) is 1.60. The number of hydrogen-bond donors (Lipinski definition) is 3. The molecule has 14 heavy (non-hydrogen) atoms. The first-order valence-electron chi connectivity index (χ1n) is 4.78. The molecule has 0 aliphatic rings. The molecule has 0 aromatic rings. The first-order valence-corrected chi connectivity index (χ1v) is 4.78. The van der Waals surface area contributed by atoms with Gasteiger partial charge in [-0.2, -0.15) is 0 Å². The Balaban J connectivity index is 4.02. The lowest BCUT2D eigenvalue weighted by Crippen LogP contribution is -2.41. The van der Waals surface area contributed by atoms with Gasteiger partial charge in [-0.1, -0.05) is 0 Å². The molecule has 4 N–H and O–H groups in total. The maximum absolute atomic E-state index is 9.87. The van der Waals surface area contributed by atoms with Gasteiger partial charge in [0.05, 0.1) is 12.1 Å². The average Bonchev–Trinajstić information content (AvgIpc) is 1.99. The van der Waals surface area contributed by atoms with Crippen LogP contribution in [0.5, 0.6) is 0 Å². The highest BCUT2D eigenvalue weighted by Gasteiger charge is 2.20. The summed E-state index contributed by atoms with van der Waals surface area (Å²) in [5.41, 5.74) is 4.71. The number of likely N-dealkylation sites (N-methyl/N-ethyl adjacent to an activating group) is 1. The molecule has 5 heteroatoms. The largest absolute Gasteiger partial charge is 0.387 e. The quantitative estimate of drug-likeness (QED) is 0.404. The molecule has 0 aromatic heterocycles. The predicted octanol–water partition coefficient (Wildman–Crippen LogP) is -0.777. The molecule has 0 heterocycles. The van der Waals surface area contributed by atoms with E-state index in [-0.39, 0.29) is 0 Å². The summed E-state index contributed by atoms with van der Waals surface area (Å²) in [5, 5.41) is 12.7. The molecule has 0 fully saturated rings. The van der Waals surface area contributed by atoms with E-state index in [1.54, 1.807) is 6.92 Å². The number of guanidine groups is 1. The lowest BCUT2D eigenvalue weighted by molar-refractivity contribution is 0.0424. The van der Waals surface area contributed by atoms with Crippen molar-refractivity contribution in [3.05, 3.63) is 0 Å². The fourth-order valence-corrected chi connectivity index (χ4v) is 1.22. The Labute approximate surface area is 86.0 Å². The van der Waals surface area contributed by atoms with E-state index < -0.39 is 5.60 Å². The molecule has 1 unspecified atom stereocenters. The van der Waals surface area contributed by atoms with Crippen molar-refractivity contribution in [2.75, 3.05) is 33.7 Å². The number of hydrogen-bond acceptors (Lipinski definition) is 3. The molecule has 0 rings (SSSR count). The molecule has 0 radical (unpaired) electrons. The fourth-order valence-electron chi connectivity index (χ4n) is 1.22. The molecule has 0 saturated carbocycles. The number of nitrogens with one attached hydrogen (secondary N) is 1. The lowest BCUT2D eigenvalue weighted by Gasteiger charge is -2.25. The van der Waals surface area contributed by atoms with Gasteiger partial charge in [-0.25, -0.2) is 0 Å². The minimum absolute atomic E-state index is 0.310. The zero-order valence-electron chi connectivity index (χ0n) is 9.54. The lowest BCUT2D eigenvalue weighted by atomic mass is 10.1. The Morgan fingerprint density at radius 1 is 1.57 bits per heavy atom. The highest BCUT2D eigenvalue weighted by atomic mass is 16.3. The molecule has 84 valence electrons. The van der Waals surface area contributed by atoms with Crippen LogP contribution in [-0.4, -0.2) is 55.3 Å². The Hall–Kier alpha value is -0.810. The monoisotopic (exact) mass is 202 g/mol. The van der Waals surface area contributed by atoms with Crippen LogP contribution in [0.25, 0.3) is 0 Å². The third-order valence-corrected chi connectivity index (χ3v) is 1.60. The molecule has 0 aliphatic carbocycles. The van der Waals surface area contributed by atoms with E-state index in [1.165, 1.54) is 0 Å². The van der Waals surface area contributed by atoms with E-state index in [0.29, 0.717) is 19.0 Å². The van der Waals surface area contributed by atoms with Gasteiger partial charge >= 0.3 is 0 Å². The molecular formula is C9H22N4O. The van der Waals surface area contributed by atoms with Gasteiger partial charge in [0.1, 0.15) is 0 Å². The summed E-state index contributed by atoms with van der Waals surface area (Å²) < 4.78 is 0. The Morgan fingerprint density at radius 2 is 2.14 bits per heavy atom. The minimum atomic E-state index is -0.830. The van der Waals surface area contributed by atoms with Gasteiger partial charge in [-0.15, -0.1) is 0 Å². The van der Waals surface area contributed by atoms with E-state index in [1.807, 2.05) is 25.9 Å². The minimum Gasteiger partial charge on any atom is -0.387 e. The maximum Gasteiger partial charge on any atom is 0.188 e. The highest BCUT2D eigenvalue weighted by Crippen LogP contribution is 2.04. The average molecular weight is 202 g/mol. The van der Waals surface area contributed by atoms with Crippen LogP contribution in [0.1, 0.15) is 13.8 Å². The van der Waals surface area contributed by atoms with Gasteiger partial charge in [0.2, 0.25) is 0 Å². The van der Waals surface area contributed by atoms with E-state index in [0.717, 1.165) is 6.54 Å². The molecule has 5 nitrogen and oxygen atoms in total. The summed E-state index contributed by atoms with van der Waals surface area (Å²) in [6, 6.07) is 0. The maximum atomic E-state index is 9.87. The number of aliphatic imine (C=N–C) groups is 1. The molecule has 0 bridgehead atoms. The number of aliphatic hydroxyl groups is 1. The summed E-state index contributed by atoms with van der Waals surface area (Å²) in [4.78, 5) is 5.96.